The topological polar surface area (TPSA) is 72.5 Å². The zero-order chi connectivity index (χ0) is 14.0. The van der Waals surface area contributed by atoms with Crippen LogP contribution >= 0.6 is 0 Å². The Hall–Kier alpha value is -1.55. The summed E-state index contributed by atoms with van der Waals surface area (Å²) in [6.45, 7) is 7.61. The SMILES string of the molecule is CC(N)(COc1ccccc1C(C)(C)C)C(=O)O. The fourth-order valence-electron chi connectivity index (χ4n) is 1.50. The number of benzene rings is 1. The molecular weight excluding hydrogens is 230 g/mol. The lowest BCUT2D eigenvalue weighted by Crippen LogP contribution is -2.50. The van der Waals surface area contributed by atoms with Crippen molar-refractivity contribution in [2.45, 2.75) is 38.6 Å². The Bertz CT molecular complexity index is 433. The number of hydrogen-bond donors (Lipinski definition) is 2. The van der Waals surface area contributed by atoms with Gasteiger partial charge in [0.05, 0.1) is 0 Å². The van der Waals surface area contributed by atoms with E-state index < -0.39 is 11.5 Å². The van der Waals surface area contributed by atoms with Crippen molar-refractivity contribution < 1.29 is 14.6 Å². The first-order valence-corrected chi connectivity index (χ1v) is 5.89. The molecule has 1 unspecified atom stereocenters. The van der Waals surface area contributed by atoms with Crippen LogP contribution in [-0.4, -0.2) is 23.2 Å². The van der Waals surface area contributed by atoms with E-state index in [1.54, 1.807) is 0 Å². The second-order valence-electron chi connectivity index (χ2n) is 5.76. The Morgan fingerprint density at radius 1 is 1.28 bits per heavy atom. The van der Waals surface area contributed by atoms with E-state index in [1.807, 2.05) is 24.3 Å². The highest BCUT2D eigenvalue weighted by Crippen LogP contribution is 2.31. The zero-order valence-corrected chi connectivity index (χ0v) is 11.4. The van der Waals surface area contributed by atoms with Crippen molar-refractivity contribution in [2.75, 3.05) is 6.61 Å². The van der Waals surface area contributed by atoms with Crippen molar-refractivity contribution in [3.05, 3.63) is 29.8 Å². The number of para-hydroxylation sites is 1. The van der Waals surface area contributed by atoms with Crippen molar-refractivity contribution >= 4 is 5.97 Å². The average Bonchev–Trinajstić information content (AvgIpc) is 2.25. The maximum Gasteiger partial charge on any atom is 0.326 e. The highest BCUT2D eigenvalue weighted by molar-refractivity contribution is 5.78. The molecule has 0 saturated carbocycles. The molecular formula is C14H21NO3. The molecule has 0 fully saturated rings. The zero-order valence-electron chi connectivity index (χ0n) is 11.4. The Balaban J connectivity index is 2.90. The maximum absolute atomic E-state index is 10.9. The minimum Gasteiger partial charge on any atom is -0.491 e. The molecule has 0 bridgehead atoms. The molecule has 1 aromatic rings. The van der Waals surface area contributed by atoms with Gasteiger partial charge in [0.2, 0.25) is 0 Å². The minimum absolute atomic E-state index is 0.0601. The van der Waals surface area contributed by atoms with E-state index in [0.717, 1.165) is 5.56 Å². The first-order chi connectivity index (χ1) is 8.14. The van der Waals surface area contributed by atoms with Gasteiger partial charge in [-0.3, -0.25) is 4.79 Å². The summed E-state index contributed by atoms with van der Waals surface area (Å²) in [6.07, 6.45) is 0. The molecule has 100 valence electrons. The van der Waals surface area contributed by atoms with Gasteiger partial charge in [0, 0.05) is 0 Å². The number of rotatable bonds is 4. The predicted molar refractivity (Wildman–Crippen MR) is 70.9 cm³/mol. The summed E-state index contributed by atoms with van der Waals surface area (Å²) >= 11 is 0. The number of carboxylic acids is 1. The van der Waals surface area contributed by atoms with Gasteiger partial charge in [0.1, 0.15) is 17.9 Å². The molecule has 0 heterocycles. The molecule has 0 aliphatic rings. The number of ether oxygens (including phenoxy) is 1. The summed E-state index contributed by atoms with van der Waals surface area (Å²) in [5, 5.41) is 8.94. The molecule has 1 aromatic carbocycles. The van der Waals surface area contributed by atoms with Gasteiger partial charge >= 0.3 is 5.97 Å². The molecule has 0 aliphatic carbocycles. The second-order valence-corrected chi connectivity index (χ2v) is 5.76. The van der Waals surface area contributed by atoms with Crippen molar-refractivity contribution in [1.82, 2.24) is 0 Å². The monoisotopic (exact) mass is 251 g/mol. The third-order valence-corrected chi connectivity index (χ3v) is 2.71. The predicted octanol–water partition coefficient (Wildman–Crippen LogP) is 2.16. The van der Waals surface area contributed by atoms with Crippen LogP contribution in [0.15, 0.2) is 24.3 Å². The highest BCUT2D eigenvalue weighted by Gasteiger charge is 2.29. The van der Waals surface area contributed by atoms with Crippen LogP contribution in [0.4, 0.5) is 0 Å². The van der Waals surface area contributed by atoms with Gasteiger partial charge in [-0.2, -0.15) is 0 Å². The lowest BCUT2D eigenvalue weighted by Gasteiger charge is -2.25. The average molecular weight is 251 g/mol. The Labute approximate surface area is 108 Å². The summed E-state index contributed by atoms with van der Waals surface area (Å²) < 4.78 is 5.58. The normalized spacial score (nSPS) is 14.9. The van der Waals surface area contributed by atoms with E-state index in [9.17, 15) is 4.79 Å². The molecule has 0 aromatic heterocycles. The van der Waals surface area contributed by atoms with E-state index in [4.69, 9.17) is 15.6 Å². The number of carboxylic acid groups (broad SMARTS) is 1. The standard InChI is InChI=1S/C14H21NO3/c1-13(2,3)10-7-5-6-8-11(10)18-9-14(4,15)12(16)17/h5-8H,9,15H2,1-4H3,(H,16,17). The Kier molecular flexibility index (Phi) is 4.02. The number of hydrogen-bond acceptors (Lipinski definition) is 3. The lowest BCUT2D eigenvalue weighted by molar-refractivity contribution is -0.143. The molecule has 18 heavy (non-hydrogen) atoms. The van der Waals surface area contributed by atoms with Gasteiger partial charge in [-0.1, -0.05) is 39.0 Å². The quantitative estimate of drug-likeness (QED) is 0.860. The van der Waals surface area contributed by atoms with Crippen molar-refractivity contribution in [2.24, 2.45) is 5.73 Å². The molecule has 1 rings (SSSR count). The largest absolute Gasteiger partial charge is 0.491 e. The summed E-state index contributed by atoms with van der Waals surface area (Å²) in [5.74, 6) is -0.390. The summed E-state index contributed by atoms with van der Waals surface area (Å²) in [6, 6.07) is 7.61. The molecule has 1 atom stereocenters. The third-order valence-electron chi connectivity index (χ3n) is 2.71. The molecule has 0 amide bonds. The maximum atomic E-state index is 10.9. The van der Waals surface area contributed by atoms with E-state index in [-0.39, 0.29) is 12.0 Å². The molecule has 0 aliphatic heterocycles. The van der Waals surface area contributed by atoms with Crippen LogP contribution in [0.1, 0.15) is 33.3 Å². The van der Waals surface area contributed by atoms with Gasteiger partial charge in [-0.05, 0) is 24.0 Å². The molecule has 0 radical (unpaired) electrons. The fourth-order valence-corrected chi connectivity index (χ4v) is 1.50. The van der Waals surface area contributed by atoms with Crippen LogP contribution in [0.2, 0.25) is 0 Å². The van der Waals surface area contributed by atoms with E-state index in [2.05, 4.69) is 20.8 Å². The smallest absolute Gasteiger partial charge is 0.326 e. The Morgan fingerprint density at radius 2 is 1.83 bits per heavy atom. The fraction of sp³-hybridized carbons (Fsp3) is 0.500. The third kappa shape index (κ3) is 3.47. The molecule has 4 heteroatoms. The van der Waals surface area contributed by atoms with Crippen LogP contribution in [0.5, 0.6) is 5.75 Å². The van der Waals surface area contributed by atoms with Crippen LogP contribution in [0, 0.1) is 0 Å². The van der Waals surface area contributed by atoms with E-state index in [1.165, 1.54) is 6.92 Å². The first-order valence-electron chi connectivity index (χ1n) is 5.89. The molecule has 4 nitrogen and oxygen atoms in total. The number of aliphatic carboxylic acids is 1. The van der Waals surface area contributed by atoms with Crippen molar-refractivity contribution in [3.63, 3.8) is 0 Å². The van der Waals surface area contributed by atoms with Gasteiger partial charge < -0.3 is 15.6 Å². The van der Waals surface area contributed by atoms with Crippen LogP contribution < -0.4 is 10.5 Å². The van der Waals surface area contributed by atoms with Crippen molar-refractivity contribution in [1.29, 1.82) is 0 Å². The summed E-state index contributed by atoms with van der Waals surface area (Å²) in [5.41, 5.74) is 5.23. The second kappa shape index (κ2) is 4.98. The highest BCUT2D eigenvalue weighted by atomic mass is 16.5. The van der Waals surface area contributed by atoms with Gasteiger partial charge in [-0.25, -0.2) is 0 Å². The van der Waals surface area contributed by atoms with Gasteiger partial charge in [0.25, 0.3) is 0 Å². The first kappa shape index (κ1) is 14.5. The van der Waals surface area contributed by atoms with Crippen LogP contribution in [0.25, 0.3) is 0 Å². The summed E-state index contributed by atoms with van der Waals surface area (Å²) in [7, 11) is 0. The van der Waals surface area contributed by atoms with Gasteiger partial charge in [-0.15, -0.1) is 0 Å². The summed E-state index contributed by atoms with van der Waals surface area (Å²) in [4.78, 5) is 10.9. The molecule has 0 spiro atoms. The van der Waals surface area contributed by atoms with Crippen LogP contribution in [0.3, 0.4) is 0 Å². The molecule has 3 N–H and O–H groups in total. The lowest BCUT2D eigenvalue weighted by atomic mass is 9.86. The van der Waals surface area contributed by atoms with Gasteiger partial charge in [0.15, 0.2) is 0 Å². The van der Waals surface area contributed by atoms with E-state index in [0.29, 0.717) is 5.75 Å². The molecule has 0 saturated heterocycles. The van der Waals surface area contributed by atoms with Crippen LogP contribution in [-0.2, 0) is 10.2 Å². The van der Waals surface area contributed by atoms with Crippen molar-refractivity contribution in [3.8, 4) is 5.75 Å². The minimum atomic E-state index is -1.38. The number of nitrogens with two attached hydrogens (primary N) is 1. The Morgan fingerprint density at radius 3 is 2.33 bits per heavy atom. The van der Waals surface area contributed by atoms with E-state index >= 15 is 0 Å². The number of carbonyl (C=O) groups is 1.